The zero-order valence-corrected chi connectivity index (χ0v) is 13.8. The van der Waals surface area contributed by atoms with E-state index in [4.69, 9.17) is 5.73 Å². The fourth-order valence-corrected chi connectivity index (χ4v) is 4.36. The molecule has 0 aliphatic carbocycles. The van der Waals surface area contributed by atoms with Crippen LogP contribution >= 0.6 is 23.1 Å². The van der Waals surface area contributed by atoms with E-state index in [0.29, 0.717) is 16.6 Å². The van der Waals surface area contributed by atoms with Gasteiger partial charge in [0.1, 0.15) is 9.88 Å². The Kier molecular flexibility index (Phi) is 5.17. The molecule has 0 aromatic carbocycles. The zero-order valence-electron chi connectivity index (χ0n) is 12.2. The van der Waals surface area contributed by atoms with Crippen LogP contribution in [0.1, 0.15) is 22.5 Å². The van der Waals surface area contributed by atoms with Gasteiger partial charge in [-0.25, -0.2) is 0 Å². The van der Waals surface area contributed by atoms with Gasteiger partial charge in [-0.2, -0.15) is 0 Å². The molecule has 4 N–H and O–H groups in total. The Hall–Kier alpha value is -0.920. The average molecular weight is 314 g/mol. The molecule has 2 rings (SSSR count). The third-order valence-electron chi connectivity index (χ3n) is 3.38. The molecule has 0 saturated carbocycles. The third-order valence-corrected chi connectivity index (χ3v) is 5.46. The van der Waals surface area contributed by atoms with Crippen molar-refractivity contribution in [2.45, 2.75) is 23.8 Å². The lowest BCUT2D eigenvalue weighted by Crippen LogP contribution is -2.35. The van der Waals surface area contributed by atoms with Gasteiger partial charge in [-0.3, -0.25) is 4.79 Å². The molecule has 0 atom stereocenters. The highest BCUT2D eigenvalue weighted by atomic mass is 32.2. The molecule has 1 aromatic heterocycles. The van der Waals surface area contributed by atoms with Gasteiger partial charge in [-0.05, 0) is 32.2 Å². The van der Waals surface area contributed by atoms with E-state index in [1.54, 1.807) is 30.8 Å². The normalized spacial score (nSPS) is 16.1. The molecule has 0 bridgehead atoms. The second-order valence-electron chi connectivity index (χ2n) is 5.08. The first-order valence-electron chi connectivity index (χ1n) is 6.69. The van der Waals surface area contributed by atoms with Crippen LogP contribution in [0.15, 0.2) is 4.90 Å². The van der Waals surface area contributed by atoms with Crippen LogP contribution in [0.4, 0.5) is 10.7 Å². The lowest BCUT2D eigenvalue weighted by Gasteiger charge is -2.24. The van der Waals surface area contributed by atoms with Gasteiger partial charge in [0.2, 0.25) is 0 Å². The number of thiophene rings is 1. The number of carbonyl (C=O) groups excluding carboxylic acids is 1. The molecular weight excluding hydrogens is 292 g/mol. The Bertz CT molecular complexity index is 481. The summed E-state index contributed by atoms with van der Waals surface area (Å²) in [5.74, 6) is -0.0267. The van der Waals surface area contributed by atoms with Gasteiger partial charge in [0.15, 0.2) is 0 Å². The second-order valence-corrected chi connectivity index (χ2v) is 6.91. The molecule has 1 aromatic rings. The highest BCUT2D eigenvalue weighted by molar-refractivity contribution is 7.99. The molecule has 5 nitrogen and oxygen atoms in total. The van der Waals surface area contributed by atoms with Crippen molar-refractivity contribution >= 4 is 39.7 Å². The van der Waals surface area contributed by atoms with Crippen molar-refractivity contribution in [1.82, 2.24) is 10.2 Å². The Morgan fingerprint density at radius 1 is 1.45 bits per heavy atom. The van der Waals surface area contributed by atoms with Gasteiger partial charge in [-0.15, -0.1) is 23.1 Å². The molecule has 0 unspecified atom stereocenters. The summed E-state index contributed by atoms with van der Waals surface area (Å²) in [6.45, 7) is 2.08. The number of nitrogen functional groups attached to an aromatic ring is 1. The van der Waals surface area contributed by atoms with E-state index in [1.165, 1.54) is 11.3 Å². The number of hydrogen-bond donors (Lipinski definition) is 3. The van der Waals surface area contributed by atoms with Gasteiger partial charge in [0, 0.05) is 20.1 Å². The van der Waals surface area contributed by atoms with Crippen molar-refractivity contribution in [3.63, 3.8) is 0 Å². The van der Waals surface area contributed by atoms with E-state index in [9.17, 15) is 4.79 Å². The van der Waals surface area contributed by atoms with Gasteiger partial charge >= 0.3 is 0 Å². The molecule has 0 radical (unpaired) electrons. The Labute approximate surface area is 128 Å². The van der Waals surface area contributed by atoms with Crippen molar-refractivity contribution in [3.05, 3.63) is 4.88 Å². The second kappa shape index (κ2) is 6.69. The number of nitrogens with one attached hydrogen (secondary N) is 2. The van der Waals surface area contributed by atoms with Gasteiger partial charge in [0.25, 0.3) is 5.91 Å². The standard InChI is InChI=1S/C13H22N4OS2/c1-17(2)13(18)11-9(14)10(19-3)12(20-11)16-8-4-6-15-7-5-8/h8,15-16H,4-7,14H2,1-3H3. The lowest BCUT2D eigenvalue weighted by atomic mass is 10.1. The predicted octanol–water partition coefficient (Wildman–Crippen LogP) is 1.92. The number of nitrogens with zero attached hydrogens (tertiary/aromatic N) is 1. The molecule has 20 heavy (non-hydrogen) atoms. The van der Waals surface area contributed by atoms with Crippen LogP contribution in [0.25, 0.3) is 0 Å². The number of rotatable bonds is 4. The maximum atomic E-state index is 12.1. The van der Waals surface area contributed by atoms with Crippen LogP contribution in [-0.4, -0.2) is 50.3 Å². The summed E-state index contributed by atoms with van der Waals surface area (Å²) in [4.78, 5) is 15.4. The lowest BCUT2D eigenvalue weighted by molar-refractivity contribution is 0.0833. The van der Waals surface area contributed by atoms with Crippen LogP contribution in [0.3, 0.4) is 0 Å². The van der Waals surface area contributed by atoms with Crippen molar-refractivity contribution in [2.75, 3.05) is 44.5 Å². The Morgan fingerprint density at radius 3 is 2.65 bits per heavy atom. The van der Waals surface area contributed by atoms with Gasteiger partial charge in [-0.1, -0.05) is 0 Å². The fourth-order valence-electron chi connectivity index (χ4n) is 2.24. The molecular formula is C13H22N4OS2. The Balaban J connectivity index is 2.23. The molecule has 1 aliphatic rings. The molecule has 2 heterocycles. The molecule has 1 aliphatic heterocycles. The largest absolute Gasteiger partial charge is 0.396 e. The molecule has 7 heteroatoms. The minimum absolute atomic E-state index is 0.0267. The van der Waals surface area contributed by atoms with E-state index < -0.39 is 0 Å². The first-order valence-corrected chi connectivity index (χ1v) is 8.73. The van der Waals surface area contributed by atoms with E-state index in [2.05, 4.69) is 10.6 Å². The molecule has 1 saturated heterocycles. The first-order chi connectivity index (χ1) is 9.54. The quantitative estimate of drug-likeness (QED) is 0.741. The van der Waals surface area contributed by atoms with Crippen molar-refractivity contribution < 1.29 is 4.79 Å². The first kappa shape index (κ1) is 15.5. The van der Waals surface area contributed by atoms with Crippen molar-refractivity contribution in [2.24, 2.45) is 0 Å². The number of carbonyl (C=O) groups is 1. The van der Waals surface area contributed by atoms with E-state index in [1.807, 2.05) is 6.26 Å². The Morgan fingerprint density at radius 2 is 2.10 bits per heavy atom. The molecule has 1 amide bonds. The summed E-state index contributed by atoms with van der Waals surface area (Å²) in [5, 5.41) is 7.95. The van der Waals surface area contributed by atoms with Gasteiger partial charge in [0.05, 0.1) is 10.6 Å². The molecule has 1 fully saturated rings. The maximum Gasteiger partial charge on any atom is 0.265 e. The topological polar surface area (TPSA) is 70.4 Å². The molecule has 0 spiro atoms. The maximum absolute atomic E-state index is 12.1. The predicted molar refractivity (Wildman–Crippen MR) is 88.0 cm³/mol. The van der Waals surface area contributed by atoms with E-state index >= 15 is 0 Å². The smallest absolute Gasteiger partial charge is 0.265 e. The highest BCUT2D eigenvalue weighted by Gasteiger charge is 2.23. The SMILES string of the molecule is CSc1c(NC2CCNCC2)sc(C(=O)N(C)C)c1N. The number of amides is 1. The van der Waals surface area contributed by atoms with Crippen molar-refractivity contribution in [1.29, 1.82) is 0 Å². The van der Waals surface area contributed by atoms with Crippen LogP contribution < -0.4 is 16.4 Å². The minimum Gasteiger partial charge on any atom is -0.396 e. The fraction of sp³-hybridized carbons (Fsp3) is 0.615. The van der Waals surface area contributed by atoms with Crippen LogP contribution in [-0.2, 0) is 0 Å². The highest BCUT2D eigenvalue weighted by Crippen LogP contribution is 2.42. The summed E-state index contributed by atoms with van der Waals surface area (Å²) in [6.07, 6.45) is 4.20. The zero-order chi connectivity index (χ0) is 14.7. The van der Waals surface area contributed by atoms with Crippen molar-refractivity contribution in [3.8, 4) is 0 Å². The minimum atomic E-state index is -0.0267. The number of hydrogen-bond acceptors (Lipinski definition) is 6. The summed E-state index contributed by atoms with van der Waals surface area (Å²) >= 11 is 3.07. The van der Waals surface area contributed by atoms with Crippen LogP contribution in [0, 0.1) is 0 Å². The number of thioether (sulfide) groups is 1. The van der Waals surface area contributed by atoms with E-state index in [0.717, 1.165) is 35.8 Å². The average Bonchev–Trinajstić information content (AvgIpc) is 2.75. The molecule has 112 valence electrons. The van der Waals surface area contributed by atoms with Gasteiger partial charge < -0.3 is 21.3 Å². The summed E-state index contributed by atoms with van der Waals surface area (Å²) < 4.78 is 0. The van der Waals surface area contributed by atoms with Crippen LogP contribution in [0.2, 0.25) is 0 Å². The number of piperidine rings is 1. The summed E-state index contributed by atoms with van der Waals surface area (Å²) in [7, 11) is 3.50. The number of nitrogens with two attached hydrogens (primary N) is 1. The summed E-state index contributed by atoms with van der Waals surface area (Å²) in [6, 6.07) is 0.461. The van der Waals surface area contributed by atoms with Crippen LogP contribution in [0.5, 0.6) is 0 Å². The summed E-state index contributed by atoms with van der Waals surface area (Å²) in [5.41, 5.74) is 6.76. The third kappa shape index (κ3) is 3.21. The number of anilines is 2. The monoisotopic (exact) mass is 314 g/mol. The van der Waals surface area contributed by atoms with E-state index in [-0.39, 0.29) is 5.91 Å².